The molecule has 2 heteroatoms. The van der Waals surface area contributed by atoms with Crippen LogP contribution in [0.5, 0.6) is 0 Å². The Morgan fingerprint density at radius 2 is 1.93 bits per heavy atom. The standard InChI is InChI=1S/C12H26N2/c1-12(2)7-6-11(10-12)14-9-5-4-8-13-3/h11,13-14H,4-10H2,1-3H3. The molecule has 0 bridgehead atoms. The summed E-state index contributed by atoms with van der Waals surface area (Å²) < 4.78 is 0. The second-order valence-corrected chi connectivity index (χ2v) is 5.37. The van der Waals surface area contributed by atoms with E-state index in [4.69, 9.17) is 0 Å². The van der Waals surface area contributed by atoms with Crippen LogP contribution in [-0.2, 0) is 0 Å². The Bertz CT molecular complexity index is 154. The summed E-state index contributed by atoms with van der Waals surface area (Å²) in [5, 5.41) is 6.85. The fraction of sp³-hybridized carbons (Fsp3) is 1.00. The van der Waals surface area contributed by atoms with Crippen molar-refractivity contribution in [2.45, 2.75) is 52.0 Å². The number of unbranched alkanes of at least 4 members (excludes halogenated alkanes) is 1. The summed E-state index contributed by atoms with van der Waals surface area (Å²) in [6, 6.07) is 0.791. The van der Waals surface area contributed by atoms with E-state index in [0.717, 1.165) is 12.6 Å². The molecule has 1 aliphatic carbocycles. The van der Waals surface area contributed by atoms with Crippen molar-refractivity contribution in [1.82, 2.24) is 10.6 Å². The van der Waals surface area contributed by atoms with Gasteiger partial charge in [0.05, 0.1) is 0 Å². The fourth-order valence-corrected chi connectivity index (χ4v) is 2.34. The summed E-state index contributed by atoms with van der Waals surface area (Å²) in [5.41, 5.74) is 0.586. The third-order valence-corrected chi connectivity index (χ3v) is 3.26. The van der Waals surface area contributed by atoms with Crippen molar-refractivity contribution >= 4 is 0 Å². The fourth-order valence-electron chi connectivity index (χ4n) is 2.34. The highest BCUT2D eigenvalue weighted by Gasteiger charge is 2.30. The minimum Gasteiger partial charge on any atom is -0.320 e. The molecule has 2 nitrogen and oxygen atoms in total. The third kappa shape index (κ3) is 4.43. The first kappa shape index (κ1) is 12.0. The van der Waals surface area contributed by atoms with E-state index < -0.39 is 0 Å². The van der Waals surface area contributed by atoms with Crippen LogP contribution in [0.3, 0.4) is 0 Å². The van der Waals surface area contributed by atoms with Crippen LogP contribution >= 0.6 is 0 Å². The van der Waals surface area contributed by atoms with Crippen molar-refractivity contribution in [3.63, 3.8) is 0 Å². The van der Waals surface area contributed by atoms with Crippen LogP contribution in [0, 0.1) is 5.41 Å². The molecule has 0 saturated heterocycles. The molecule has 1 aliphatic rings. The predicted molar refractivity (Wildman–Crippen MR) is 62.6 cm³/mol. The van der Waals surface area contributed by atoms with E-state index in [2.05, 4.69) is 24.5 Å². The van der Waals surface area contributed by atoms with Crippen LogP contribution in [-0.4, -0.2) is 26.2 Å². The van der Waals surface area contributed by atoms with Gasteiger partial charge in [-0.05, 0) is 57.7 Å². The second-order valence-electron chi connectivity index (χ2n) is 5.37. The van der Waals surface area contributed by atoms with Gasteiger partial charge in [-0.2, -0.15) is 0 Å². The van der Waals surface area contributed by atoms with Gasteiger partial charge in [0, 0.05) is 6.04 Å². The Kier molecular flexibility index (Phi) is 4.90. The first-order valence-corrected chi connectivity index (χ1v) is 6.02. The largest absolute Gasteiger partial charge is 0.320 e. The van der Waals surface area contributed by atoms with Gasteiger partial charge in [0.2, 0.25) is 0 Å². The highest BCUT2D eigenvalue weighted by molar-refractivity contribution is 4.86. The predicted octanol–water partition coefficient (Wildman–Crippen LogP) is 2.15. The maximum atomic E-state index is 3.67. The smallest absolute Gasteiger partial charge is 0.00723 e. The Morgan fingerprint density at radius 1 is 1.21 bits per heavy atom. The molecule has 0 aromatic heterocycles. The third-order valence-electron chi connectivity index (χ3n) is 3.26. The van der Waals surface area contributed by atoms with Crippen LogP contribution in [0.2, 0.25) is 0 Å². The van der Waals surface area contributed by atoms with Crippen LogP contribution in [0.1, 0.15) is 46.0 Å². The number of nitrogens with one attached hydrogen (secondary N) is 2. The zero-order valence-electron chi connectivity index (χ0n) is 10.0. The van der Waals surface area contributed by atoms with Gasteiger partial charge >= 0.3 is 0 Å². The van der Waals surface area contributed by atoms with Crippen LogP contribution in [0.4, 0.5) is 0 Å². The second kappa shape index (κ2) is 5.72. The van der Waals surface area contributed by atoms with E-state index in [1.807, 2.05) is 7.05 Å². The summed E-state index contributed by atoms with van der Waals surface area (Å²) in [4.78, 5) is 0. The minimum absolute atomic E-state index is 0.586. The van der Waals surface area contributed by atoms with Gasteiger partial charge in [-0.1, -0.05) is 13.8 Å². The van der Waals surface area contributed by atoms with Crippen molar-refractivity contribution in [2.24, 2.45) is 5.41 Å². The summed E-state index contributed by atoms with van der Waals surface area (Å²) in [7, 11) is 2.02. The lowest BCUT2D eigenvalue weighted by molar-refractivity contribution is 0.364. The molecule has 0 aromatic carbocycles. The molecule has 0 radical (unpaired) electrons. The van der Waals surface area contributed by atoms with Crippen LogP contribution in [0.25, 0.3) is 0 Å². The van der Waals surface area contributed by atoms with Gasteiger partial charge in [-0.3, -0.25) is 0 Å². The molecule has 1 unspecified atom stereocenters. The van der Waals surface area contributed by atoms with Gasteiger partial charge in [-0.15, -0.1) is 0 Å². The highest BCUT2D eigenvalue weighted by atomic mass is 14.9. The Labute approximate surface area is 88.8 Å². The molecule has 0 aliphatic heterocycles. The lowest BCUT2D eigenvalue weighted by Crippen LogP contribution is -2.28. The van der Waals surface area contributed by atoms with Crippen molar-refractivity contribution in [3.8, 4) is 0 Å². The molecule has 1 fully saturated rings. The molecule has 1 atom stereocenters. The summed E-state index contributed by atoms with van der Waals surface area (Å²) in [6.07, 6.45) is 6.72. The maximum Gasteiger partial charge on any atom is 0.00723 e. The van der Waals surface area contributed by atoms with Crippen molar-refractivity contribution in [3.05, 3.63) is 0 Å². The topological polar surface area (TPSA) is 24.1 Å². The maximum absolute atomic E-state index is 3.67. The SMILES string of the molecule is CNCCCCNC1CCC(C)(C)C1. The summed E-state index contributed by atoms with van der Waals surface area (Å²) in [5.74, 6) is 0. The summed E-state index contributed by atoms with van der Waals surface area (Å²) in [6.45, 7) is 7.12. The van der Waals surface area contributed by atoms with Gasteiger partial charge in [0.25, 0.3) is 0 Å². The highest BCUT2D eigenvalue weighted by Crippen LogP contribution is 2.36. The number of hydrogen-bond acceptors (Lipinski definition) is 2. The lowest BCUT2D eigenvalue weighted by atomic mass is 9.92. The van der Waals surface area contributed by atoms with E-state index in [1.165, 1.54) is 38.6 Å². The van der Waals surface area contributed by atoms with Crippen LogP contribution < -0.4 is 10.6 Å². The molecule has 1 rings (SSSR count). The molecule has 0 heterocycles. The molecule has 84 valence electrons. The Morgan fingerprint density at radius 3 is 2.50 bits per heavy atom. The number of hydrogen-bond donors (Lipinski definition) is 2. The van der Waals surface area contributed by atoms with Gasteiger partial charge in [0.1, 0.15) is 0 Å². The van der Waals surface area contributed by atoms with Crippen molar-refractivity contribution < 1.29 is 0 Å². The average Bonchev–Trinajstić information content (AvgIpc) is 2.45. The lowest BCUT2D eigenvalue weighted by Gasteiger charge is -2.17. The van der Waals surface area contributed by atoms with E-state index in [9.17, 15) is 0 Å². The number of rotatable bonds is 6. The van der Waals surface area contributed by atoms with Crippen LogP contribution in [0.15, 0.2) is 0 Å². The van der Waals surface area contributed by atoms with E-state index >= 15 is 0 Å². The van der Waals surface area contributed by atoms with Gasteiger partial charge < -0.3 is 10.6 Å². The molecule has 0 aromatic rings. The quantitative estimate of drug-likeness (QED) is 0.639. The van der Waals surface area contributed by atoms with E-state index in [-0.39, 0.29) is 0 Å². The van der Waals surface area contributed by atoms with E-state index in [0.29, 0.717) is 5.41 Å². The van der Waals surface area contributed by atoms with Crippen molar-refractivity contribution in [1.29, 1.82) is 0 Å². The van der Waals surface area contributed by atoms with Gasteiger partial charge in [-0.25, -0.2) is 0 Å². The zero-order chi connectivity index (χ0) is 10.4. The zero-order valence-corrected chi connectivity index (χ0v) is 10.0. The minimum atomic E-state index is 0.586. The average molecular weight is 198 g/mol. The first-order chi connectivity index (χ1) is 6.64. The Hall–Kier alpha value is -0.0800. The molecule has 0 spiro atoms. The summed E-state index contributed by atoms with van der Waals surface area (Å²) >= 11 is 0. The molecule has 0 amide bonds. The monoisotopic (exact) mass is 198 g/mol. The van der Waals surface area contributed by atoms with Crippen molar-refractivity contribution in [2.75, 3.05) is 20.1 Å². The normalized spacial score (nSPS) is 25.5. The molecule has 1 saturated carbocycles. The van der Waals surface area contributed by atoms with Gasteiger partial charge in [0.15, 0.2) is 0 Å². The van der Waals surface area contributed by atoms with E-state index in [1.54, 1.807) is 0 Å². The molecular weight excluding hydrogens is 172 g/mol. The molecule has 14 heavy (non-hydrogen) atoms. The molecular formula is C12H26N2. The Balaban J connectivity index is 1.98. The molecule has 2 N–H and O–H groups in total. The first-order valence-electron chi connectivity index (χ1n) is 6.02.